The normalized spacial score (nSPS) is 15.2. The first kappa shape index (κ1) is 16.7. The van der Waals surface area contributed by atoms with Crippen LogP contribution >= 0.6 is 8.03 Å². The fourth-order valence-corrected chi connectivity index (χ4v) is 6.56. The van der Waals surface area contributed by atoms with Crippen molar-refractivity contribution in [2.24, 2.45) is 0 Å². The smallest absolute Gasteiger partial charge is 0.371 e. The van der Waals surface area contributed by atoms with Crippen molar-refractivity contribution in [1.29, 1.82) is 0 Å². The van der Waals surface area contributed by atoms with Gasteiger partial charge >= 0.3 is 13.9 Å². The standard InChI is InChI=1S/C13H24O3PSi2/c1-18(2,3)15-13(12-10-8-7-9-11-12)17(14)16-19(4,5)6/h7-11,13H,1-6H3/q+1. The van der Waals surface area contributed by atoms with Gasteiger partial charge in [-0.1, -0.05) is 30.3 Å². The van der Waals surface area contributed by atoms with Crippen LogP contribution in [-0.4, -0.2) is 16.6 Å². The Kier molecular flexibility index (Phi) is 5.65. The predicted molar refractivity (Wildman–Crippen MR) is 85.7 cm³/mol. The summed E-state index contributed by atoms with van der Waals surface area (Å²) in [6.45, 7) is 12.4. The first-order valence-corrected chi connectivity index (χ1v) is 14.5. The molecule has 1 aromatic carbocycles. The maximum Gasteiger partial charge on any atom is 0.532 e. The highest BCUT2D eigenvalue weighted by Crippen LogP contribution is 2.46. The summed E-state index contributed by atoms with van der Waals surface area (Å²) in [6, 6.07) is 9.72. The lowest BCUT2D eigenvalue weighted by Gasteiger charge is -2.20. The van der Waals surface area contributed by atoms with Crippen LogP contribution in [0.3, 0.4) is 0 Å². The molecule has 0 heterocycles. The van der Waals surface area contributed by atoms with E-state index in [9.17, 15) is 4.57 Å². The monoisotopic (exact) mass is 315 g/mol. The van der Waals surface area contributed by atoms with E-state index in [-0.39, 0.29) is 0 Å². The Labute approximate surface area is 119 Å². The van der Waals surface area contributed by atoms with Crippen molar-refractivity contribution < 1.29 is 13.2 Å². The molecule has 0 saturated heterocycles. The average Bonchev–Trinajstić information content (AvgIpc) is 2.23. The second-order valence-corrected chi connectivity index (χ2v) is 16.9. The summed E-state index contributed by atoms with van der Waals surface area (Å²) in [6.07, 6.45) is 0. The fourth-order valence-electron chi connectivity index (χ4n) is 1.50. The zero-order valence-corrected chi connectivity index (χ0v) is 15.5. The number of hydrogen-bond donors (Lipinski definition) is 0. The Morgan fingerprint density at radius 3 is 1.89 bits per heavy atom. The molecule has 3 nitrogen and oxygen atoms in total. The van der Waals surface area contributed by atoms with Crippen LogP contribution in [0.4, 0.5) is 0 Å². The van der Waals surface area contributed by atoms with Gasteiger partial charge in [0.05, 0.1) is 0 Å². The first-order chi connectivity index (χ1) is 8.58. The Hall–Kier alpha value is -0.326. The van der Waals surface area contributed by atoms with Crippen molar-refractivity contribution in [2.45, 2.75) is 45.1 Å². The van der Waals surface area contributed by atoms with Crippen LogP contribution in [0.5, 0.6) is 0 Å². The topological polar surface area (TPSA) is 35.5 Å². The third-order valence-electron chi connectivity index (χ3n) is 2.11. The zero-order valence-electron chi connectivity index (χ0n) is 12.6. The van der Waals surface area contributed by atoms with Gasteiger partial charge in [0.15, 0.2) is 8.32 Å². The van der Waals surface area contributed by atoms with E-state index in [0.717, 1.165) is 5.56 Å². The number of hydrogen-bond acceptors (Lipinski definition) is 3. The van der Waals surface area contributed by atoms with Crippen molar-refractivity contribution in [3.05, 3.63) is 35.9 Å². The number of benzene rings is 1. The van der Waals surface area contributed by atoms with Gasteiger partial charge in [-0.05, 0) is 43.8 Å². The third-order valence-corrected chi connectivity index (χ3v) is 6.94. The molecule has 0 aromatic heterocycles. The van der Waals surface area contributed by atoms with Gasteiger partial charge in [-0.25, -0.2) is 4.21 Å². The van der Waals surface area contributed by atoms with Gasteiger partial charge in [0.2, 0.25) is 0 Å². The Morgan fingerprint density at radius 1 is 0.947 bits per heavy atom. The molecule has 1 aromatic rings. The van der Waals surface area contributed by atoms with Gasteiger partial charge < -0.3 is 4.43 Å². The Bertz CT molecular complexity index is 424. The molecule has 106 valence electrons. The summed E-state index contributed by atoms with van der Waals surface area (Å²) in [7, 11) is -5.48. The first-order valence-electron chi connectivity index (χ1n) is 6.47. The minimum Gasteiger partial charge on any atom is -0.371 e. The molecule has 0 aliphatic rings. The molecular formula is C13H24O3PSi2+. The molecule has 0 fully saturated rings. The predicted octanol–water partition coefficient (Wildman–Crippen LogP) is 5.13. The minimum atomic E-state index is -1.85. The van der Waals surface area contributed by atoms with Crippen molar-refractivity contribution in [3.63, 3.8) is 0 Å². The van der Waals surface area contributed by atoms with E-state index in [1.165, 1.54) is 0 Å². The van der Waals surface area contributed by atoms with Gasteiger partial charge in [-0.2, -0.15) is 0 Å². The summed E-state index contributed by atoms with van der Waals surface area (Å²) in [5, 5.41) is 0. The van der Waals surface area contributed by atoms with Crippen LogP contribution in [0.25, 0.3) is 0 Å². The largest absolute Gasteiger partial charge is 0.532 e. The summed E-state index contributed by atoms with van der Waals surface area (Å²) in [4.78, 5) is 0. The van der Waals surface area contributed by atoms with Gasteiger partial charge in [-0.15, -0.1) is 0 Å². The quantitative estimate of drug-likeness (QED) is 0.539. The number of rotatable bonds is 6. The van der Waals surface area contributed by atoms with E-state index < -0.39 is 30.5 Å². The molecular weight excluding hydrogens is 291 g/mol. The molecule has 0 saturated carbocycles. The second-order valence-electron chi connectivity index (χ2n) is 6.48. The maximum absolute atomic E-state index is 12.5. The lowest BCUT2D eigenvalue weighted by molar-refractivity contribution is 0.261. The summed E-state index contributed by atoms with van der Waals surface area (Å²) >= 11 is 0. The third kappa shape index (κ3) is 6.59. The molecule has 6 heteroatoms. The Balaban J connectivity index is 2.97. The zero-order chi connectivity index (χ0) is 14.7. The van der Waals surface area contributed by atoms with Crippen molar-refractivity contribution >= 4 is 24.7 Å². The van der Waals surface area contributed by atoms with Crippen LogP contribution in [0, 0.1) is 0 Å². The Morgan fingerprint density at radius 2 is 1.47 bits per heavy atom. The van der Waals surface area contributed by atoms with E-state index in [4.69, 9.17) is 8.64 Å². The van der Waals surface area contributed by atoms with Crippen LogP contribution in [0.1, 0.15) is 11.4 Å². The highest BCUT2D eigenvalue weighted by Gasteiger charge is 2.42. The molecule has 0 aliphatic heterocycles. The summed E-state index contributed by atoms with van der Waals surface area (Å²) in [5.74, 6) is -0.449. The molecule has 0 radical (unpaired) electrons. The summed E-state index contributed by atoms with van der Waals surface area (Å²) < 4.78 is 24.3. The van der Waals surface area contributed by atoms with Crippen molar-refractivity contribution in [3.8, 4) is 0 Å². The minimum absolute atomic E-state index is 0.449. The highest BCUT2D eigenvalue weighted by molar-refractivity contribution is 7.41. The average molecular weight is 315 g/mol. The lowest BCUT2D eigenvalue weighted by atomic mass is 10.2. The maximum atomic E-state index is 12.5. The molecule has 0 amide bonds. The molecule has 2 unspecified atom stereocenters. The molecule has 2 atom stereocenters. The van der Waals surface area contributed by atoms with E-state index in [0.29, 0.717) is 0 Å². The van der Waals surface area contributed by atoms with E-state index >= 15 is 0 Å². The van der Waals surface area contributed by atoms with Crippen LogP contribution < -0.4 is 0 Å². The van der Waals surface area contributed by atoms with Crippen LogP contribution in [-0.2, 0) is 13.2 Å². The van der Waals surface area contributed by atoms with Crippen molar-refractivity contribution in [2.75, 3.05) is 0 Å². The fraction of sp³-hybridized carbons (Fsp3) is 0.538. The van der Waals surface area contributed by atoms with E-state index in [2.05, 4.69) is 19.6 Å². The van der Waals surface area contributed by atoms with E-state index in [1.54, 1.807) is 0 Å². The van der Waals surface area contributed by atoms with Gasteiger partial charge in [-0.3, -0.25) is 0 Å². The van der Waals surface area contributed by atoms with Crippen LogP contribution in [0.15, 0.2) is 30.3 Å². The molecule has 1 rings (SSSR count). The van der Waals surface area contributed by atoms with Gasteiger partial charge in [0.25, 0.3) is 8.32 Å². The second kappa shape index (κ2) is 6.42. The SMILES string of the molecule is C[Si](C)(C)OC(c1ccccc1)[P+](=O)O[Si](C)(C)C. The van der Waals surface area contributed by atoms with Crippen LogP contribution in [0.2, 0.25) is 39.3 Å². The lowest BCUT2D eigenvalue weighted by Crippen LogP contribution is -2.29. The molecule has 19 heavy (non-hydrogen) atoms. The molecule has 0 spiro atoms. The molecule has 0 aliphatic carbocycles. The molecule has 0 N–H and O–H groups in total. The van der Waals surface area contributed by atoms with E-state index in [1.807, 2.05) is 50.0 Å². The van der Waals surface area contributed by atoms with Gasteiger partial charge in [0.1, 0.15) is 0 Å². The van der Waals surface area contributed by atoms with Gasteiger partial charge in [0, 0.05) is 5.56 Å². The summed E-state index contributed by atoms with van der Waals surface area (Å²) in [5.41, 5.74) is 0.935. The highest BCUT2D eigenvalue weighted by atomic mass is 31.1. The molecule has 0 bridgehead atoms. The van der Waals surface area contributed by atoms with Crippen molar-refractivity contribution in [1.82, 2.24) is 0 Å².